The molecule has 0 radical (unpaired) electrons. The number of aromatic nitrogens is 1. The number of H-pyrrole nitrogens is 1. The molecule has 0 bridgehead atoms. The SMILES string of the molecule is C[C@H](NC(=O)[C@H](Cc1c[nH]c2ccccc12)NC(=O)[C@H](CC(N)=O)NC(=O)[C@H](CCC(=O)O)NC(=O)[C@H](C)NC(=O)[C@H](CCC(=O)O)NC(=O)[C@H](CC(N)=O)NC(=O)[C@@H](N)[C@@H](C)O)C(=O)N[C@@H](CC(=O)O)C(N)=O. The average molecular weight is 1050 g/mol. The van der Waals surface area contributed by atoms with E-state index in [4.69, 9.17) is 28.0 Å². The van der Waals surface area contributed by atoms with Crippen LogP contribution in [0.2, 0.25) is 0 Å². The van der Waals surface area contributed by atoms with Gasteiger partial charge in [0.05, 0.1) is 25.4 Å². The van der Waals surface area contributed by atoms with Crippen molar-refractivity contribution in [2.24, 2.45) is 22.9 Å². The Morgan fingerprint density at radius 2 is 0.892 bits per heavy atom. The standard InChI is InChI=1S/C43H61N13O18/c1-17(49-38(69)23(8-10-31(60)61)52-41(72)28(14-30(45)59)56-43(74)34(46)19(3)57)36(67)51-24(9-11-32(62)63)39(70)55-27(13-29(44)58)42(73)54-26(12-20-16-48-22-7-5-4-6-21(20)22)40(71)50-18(2)37(68)53-25(35(47)66)15-33(64)65/h4-7,16-19,23-28,34,48,57H,8-15,46H2,1-3H3,(H2,44,58)(H2,45,59)(H2,47,66)(H,49,69)(H,50,71)(H,51,67)(H,52,72)(H,53,68)(H,54,73)(H,55,70)(H,56,74)(H,60,61)(H,62,63)(H,64,65)/t17-,18-,19+,23-,24-,25-,26-,27-,28-,34-/m0/s1. The fourth-order valence-electron chi connectivity index (χ4n) is 6.68. The Labute approximate surface area is 419 Å². The summed E-state index contributed by atoms with van der Waals surface area (Å²) in [5.41, 5.74) is 22.5. The third kappa shape index (κ3) is 20.5. The summed E-state index contributed by atoms with van der Waals surface area (Å²) < 4.78 is 0. The first-order valence-corrected chi connectivity index (χ1v) is 22.4. The molecule has 0 aliphatic carbocycles. The molecule has 10 atom stereocenters. The lowest BCUT2D eigenvalue weighted by atomic mass is 10.0. The Morgan fingerprint density at radius 3 is 1.34 bits per heavy atom. The number of aliphatic hydroxyl groups excluding tert-OH is 1. The summed E-state index contributed by atoms with van der Waals surface area (Å²) in [6.07, 6.45) is -5.79. The molecule has 1 aromatic heterocycles. The Kier molecular flexibility index (Phi) is 24.0. The molecule has 74 heavy (non-hydrogen) atoms. The Balaban J connectivity index is 2.40. The van der Waals surface area contributed by atoms with E-state index in [9.17, 15) is 82.4 Å². The van der Waals surface area contributed by atoms with Gasteiger partial charge in [0.2, 0.25) is 65.0 Å². The lowest BCUT2D eigenvalue weighted by molar-refractivity contribution is -0.141. The van der Waals surface area contributed by atoms with Crippen molar-refractivity contribution in [1.82, 2.24) is 47.5 Å². The van der Waals surface area contributed by atoms with Crippen molar-refractivity contribution in [2.75, 3.05) is 0 Å². The Morgan fingerprint density at radius 1 is 0.500 bits per heavy atom. The summed E-state index contributed by atoms with van der Waals surface area (Å²) in [6.45, 7) is 3.37. The van der Waals surface area contributed by atoms with Gasteiger partial charge in [0.15, 0.2) is 0 Å². The van der Waals surface area contributed by atoms with E-state index in [1.165, 1.54) is 6.20 Å². The highest BCUT2D eigenvalue weighted by atomic mass is 16.4. The third-order valence-electron chi connectivity index (χ3n) is 10.7. The van der Waals surface area contributed by atoms with Crippen LogP contribution in [-0.4, -0.2) is 169 Å². The van der Waals surface area contributed by atoms with Gasteiger partial charge in [0.25, 0.3) is 0 Å². The number of nitrogens with two attached hydrogens (primary N) is 4. The van der Waals surface area contributed by atoms with Crippen molar-refractivity contribution in [3.05, 3.63) is 36.0 Å². The number of carbonyl (C=O) groups excluding carboxylic acids is 11. The maximum Gasteiger partial charge on any atom is 0.305 e. The summed E-state index contributed by atoms with van der Waals surface area (Å²) >= 11 is 0. The normalized spacial score (nSPS) is 15.0. The molecule has 0 fully saturated rings. The highest BCUT2D eigenvalue weighted by Gasteiger charge is 2.35. The van der Waals surface area contributed by atoms with E-state index in [0.717, 1.165) is 20.8 Å². The number of benzene rings is 1. The Hall–Kier alpha value is -8.74. The largest absolute Gasteiger partial charge is 0.481 e. The van der Waals surface area contributed by atoms with E-state index in [0.29, 0.717) is 16.5 Å². The molecule has 0 spiro atoms. The van der Waals surface area contributed by atoms with Crippen LogP contribution < -0.4 is 65.5 Å². The maximum absolute atomic E-state index is 14.0. The van der Waals surface area contributed by atoms with E-state index < -0.39 is 188 Å². The Bertz CT molecular complexity index is 2460. The second-order valence-corrected chi connectivity index (χ2v) is 16.9. The van der Waals surface area contributed by atoms with Crippen LogP contribution in [0.3, 0.4) is 0 Å². The first-order chi connectivity index (χ1) is 34.5. The fraction of sp³-hybridized carbons (Fsp3) is 0.488. The molecule has 31 nitrogen and oxygen atoms in total. The molecule has 2 rings (SSSR count). The summed E-state index contributed by atoms with van der Waals surface area (Å²) in [6, 6.07) is -8.68. The second kappa shape index (κ2) is 28.9. The molecule has 0 saturated heterocycles. The summed E-state index contributed by atoms with van der Waals surface area (Å²) in [5.74, 6) is -17.3. The van der Waals surface area contributed by atoms with Crippen LogP contribution in [0, 0.1) is 0 Å². The van der Waals surface area contributed by atoms with Gasteiger partial charge >= 0.3 is 17.9 Å². The van der Waals surface area contributed by atoms with E-state index in [-0.39, 0.29) is 6.42 Å². The van der Waals surface area contributed by atoms with Gasteiger partial charge in [-0.15, -0.1) is 0 Å². The predicted molar refractivity (Wildman–Crippen MR) is 251 cm³/mol. The number of carboxylic acid groups (broad SMARTS) is 3. The number of para-hydroxylation sites is 1. The number of hydrogen-bond acceptors (Lipinski definition) is 16. The first kappa shape index (κ1) is 61.4. The first-order valence-electron chi connectivity index (χ1n) is 22.4. The lowest BCUT2D eigenvalue weighted by Gasteiger charge is -2.27. The molecule has 0 aliphatic rings. The van der Waals surface area contributed by atoms with Crippen molar-refractivity contribution in [3.8, 4) is 0 Å². The number of amides is 11. The van der Waals surface area contributed by atoms with Crippen molar-refractivity contribution >= 4 is 93.8 Å². The lowest BCUT2D eigenvalue weighted by Crippen LogP contribution is -2.60. The number of nitrogens with one attached hydrogen (secondary N) is 9. The van der Waals surface area contributed by atoms with Crippen LogP contribution in [0.15, 0.2) is 30.5 Å². The predicted octanol–water partition coefficient (Wildman–Crippen LogP) is -7.22. The number of primary amides is 3. The summed E-state index contributed by atoms with van der Waals surface area (Å²) in [4.78, 5) is 180. The minimum atomic E-state index is -1.95. The smallest absolute Gasteiger partial charge is 0.305 e. The molecule has 406 valence electrons. The molecule has 2 aromatic rings. The van der Waals surface area contributed by atoms with Crippen LogP contribution >= 0.6 is 0 Å². The number of aliphatic carboxylic acids is 3. The molecule has 31 heteroatoms. The molecular weight excluding hydrogens is 987 g/mol. The van der Waals surface area contributed by atoms with Crippen molar-refractivity contribution in [3.63, 3.8) is 0 Å². The van der Waals surface area contributed by atoms with Crippen LogP contribution in [-0.2, 0) is 73.5 Å². The van der Waals surface area contributed by atoms with Crippen LogP contribution in [0.1, 0.15) is 71.3 Å². The van der Waals surface area contributed by atoms with Gasteiger partial charge in [-0.1, -0.05) is 18.2 Å². The second-order valence-electron chi connectivity index (χ2n) is 16.9. The molecule has 11 amide bonds. The van der Waals surface area contributed by atoms with Crippen LogP contribution in [0.25, 0.3) is 10.9 Å². The van der Waals surface area contributed by atoms with E-state index in [1.54, 1.807) is 24.3 Å². The quantitative estimate of drug-likeness (QED) is 0.0324. The number of aromatic amines is 1. The zero-order valence-electron chi connectivity index (χ0n) is 40.1. The minimum Gasteiger partial charge on any atom is -0.481 e. The number of hydrogen-bond donors (Lipinski definition) is 17. The highest BCUT2D eigenvalue weighted by Crippen LogP contribution is 2.19. The topological polar surface area (TPSA) is 536 Å². The summed E-state index contributed by atoms with van der Waals surface area (Å²) in [7, 11) is 0. The number of carboxylic acids is 3. The van der Waals surface area contributed by atoms with Gasteiger partial charge in [-0.3, -0.25) is 67.1 Å². The van der Waals surface area contributed by atoms with Gasteiger partial charge in [0.1, 0.15) is 54.4 Å². The van der Waals surface area contributed by atoms with Crippen LogP contribution in [0.4, 0.5) is 0 Å². The zero-order chi connectivity index (χ0) is 56.1. The monoisotopic (exact) mass is 1050 g/mol. The number of carbonyl (C=O) groups is 14. The van der Waals surface area contributed by atoms with Gasteiger partial charge in [-0.25, -0.2) is 0 Å². The van der Waals surface area contributed by atoms with E-state index in [1.807, 2.05) is 0 Å². The van der Waals surface area contributed by atoms with E-state index >= 15 is 0 Å². The van der Waals surface area contributed by atoms with Gasteiger partial charge < -0.3 is 90.9 Å². The van der Waals surface area contributed by atoms with E-state index in [2.05, 4.69) is 47.5 Å². The van der Waals surface area contributed by atoms with Crippen molar-refractivity contribution in [2.45, 2.75) is 133 Å². The molecule has 21 N–H and O–H groups in total. The molecule has 0 unspecified atom stereocenters. The van der Waals surface area contributed by atoms with Crippen LogP contribution in [0.5, 0.6) is 0 Å². The molecule has 1 aromatic carbocycles. The maximum atomic E-state index is 14.0. The van der Waals surface area contributed by atoms with Gasteiger partial charge in [-0.2, -0.15) is 0 Å². The zero-order valence-corrected chi connectivity index (χ0v) is 40.1. The number of aliphatic hydroxyl groups is 1. The molecular formula is C43H61N13O18. The molecule has 0 aliphatic heterocycles. The number of fused-ring (bicyclic) bond motifs is 1. The molecule has 0 saturated carbocycles. The number of rotatable bonds is 32. The fourth-order valence-corrected chi connectivity index (χ4v) is 6.68. The molecule has 1 heterocycles. The highest BCUT2D eigenvalue weighted by molar-refractivity contribution is 6.00. The third-order valence-corrected chi connectivity index (χ3v) is 10.7. The van der Waals surface area contributed by atoms with Gasteiger partial charge in [-0.05, 0) is 45.2 Å². The average Bonchev–Trinajstić information content (AvgIpc) is 3.71. The summed E-state index contributed by atoms with van der Waals surface area (Å²) in [5, 5.41) is 55.7. The minimum absolute atomic E-state index is 0.318. The van der Waals surface area contributed by atoms with Gasteiger partial charge in [0, 0.05) is 36.4 Å². The van der Waals surface area contributed by atoms with Crippen molar-refractivity contribution < 1.29 is 87.5 Å². The van der Waals surface area contributed by atoms with Crippen molar-refractivity contribution in [1.29, 1.82) is 0 Å².